The molecule has 2 rings (SSSR count). The smallest absolute Gasteiger partial charge is 0.373 e. The van der Waals surface area contributed by atoms with Crippen molar-refractivity contribution < 1.29 is 18.0 Å². The van der Waals surface area contributed by atoms with Gasteiger partial charge in [0, 0.05) is 19.3 Å². The first-order chi connectivity index (χ1) is 11.2. The van der Waals surface area contributed by atoms with Gasteiger partial charge >= 0.3 is 6.18 Å². The molecule has 1 N–H and O–H groups in total. The number of alkyl halides is 3. The molecule has 1 aromatic rings. The fourth-order valence-corrected chi connectivity index (χ4v) is 2.88. The molecule has 0 unspecified atom stereocenters. The number of carbonyl (C=O) groups excluding carboxylic acids is 1. The van der Waals surface area contributed by atoms with Gasteiger partial charge in [-0.05, 0) is 30.2 Å². The summed E-state index contributed by atoms with van der Waals surface area (Å²) < 4.78 is 37.6. The summed E-state index contributed by atoms with van der Waals surface area (Å²) in [4.78, 5) is 14.1. The molecule has 1 aliphatic heterocycles. The maximum atomic E-state index is 12.5. The van der Waals surface area contributed by atoms with Crippen molar-refractivity contribution in [3.05, 3.63) is 57.9 Å². The molecule has 1 heterocycles. The molecular weight excluding hydrogens is 341 g/mol. The predicted octanol–water partition coefficient (Wildman–Crippen LogP) is 4.05. The Morgan fingerprint density at radius 2 is 1.92 bits per heavy atom. The van der Waals surface area contributed by atoms with Crippen molar-refractivity contribution >= 4 is 17.5 Å². The molecule has 0 saturated carbocycles. The van der Waals surface area contributed by atoms with Gasteiger partial charge in [-0.3, -0.25) is 4.79 Å². The zero-order chi connectivity index (χ0) is 17.9. The van der Waals surface area contributed by atoms with Gasteiger partial charge in [-0.25, -0.2) is 0 Å². The molecule has 1 amide bonds. The van der Waals surface area contributed by atoms with E-state index in [1.165, 1.54) is 12.1 Å². The zero-order valence-electron chi connectivity index (χ0n) is 13.4. The third-order valence-corrected chi connectivity index (χ3v) is 4.20. The van der Waals surface area contributed by atoms with E-state index in [0.29, 0.717) is 22.8 Å². The van der Waals surface area contributed by atoms with Gasteiger partial charge in [0.05, 0.1) is 22.7 Å². The van der Waals surface area contributed by atoms with E-state index in [1.807, 2.05) is 24.9 Å². The SMILES string of the molecule is CCC1=C(Cl)C(NC(=O)Cc2ccc(C(F)(F)F)cc2)=CCN1C. The average Bonchev–Trinajstić information content (AvgIpc) is 2.50. The second kappa shape index (κ2) is 7.30. The van der Waals surface area contributed by atoms with E-state index in [-0.39, 0.29) is 12.3 Å². The number of amides is 1. The molecule has 0 atom stereocenters. The molecule has 0 aromatic heterocycles. The third-order valence-electron chi connectivity index (χ3n) is 3.77. The van der Waals surface area contributed by atoms with Crippen LogP contribution >= 0.6 is 11.6 Å². The largest absolute Gasteiger partial charge is 0.416 e. The standard InChI is InChI=1S/C17H18ClF3N2O/c1-3-14-16(18)13(8-9-23(14)2)22-15(24)10-11-4-6-12(7-5-11)17(19,20)21/h4-8H,3,9-10H2,1-2H3,(H,22,24). The van der Waals surface area contributed by atoms with Crippen LogP contribution in [-0.2, 0) is 17.4 Å². The van der Waals surface area contributed by atoms with Crippen LogP contribution in [0.3, 0.4) is 0 Å². The van der Waals surface area contributed by atoms with Crippen LogP contribution in [0, 0.1) is 0 Å². The van der Waals surface area contributed by atoms with Crippen LogP contribution in [0.4, 0.5) is 13.2 Å². The van der Waals surface area contributed by atoms with Gasteiger partial charge in [0.2, 0.25) is 5.91 Å². The summed E-state index contributed by atoms with van der Waals surface area (Å²) in [7, 11) is 1.92. The van der Waals surface area contributed by atoms with Crippen LogP contribution in [0.1, 0.15) is 24.5 Å². The molecule has 7 heteroatoms. The van der Waals surface area contributed by atoms with Crippen molar-refractivity contribution in [2.24, 2.45) is 0 Å². The maximum Gasteiger partial charge on any atom is 0.416 e. The lowest BCUT2D eigenvalue weighted by atomic mass is 10.1. The second-order valence-electron chi connectivity index (χ2n) is 5.53. The lowest BCUT2D eigenvalue weighted by Crippen LogP contribution is -2.31. The number of allylic oxidation sites excluding steroid dienone is 2. The monoisotopic (exact) mass is 358 g/mol. The highest BCUT2D eigenvalue weighted by molar-refractivity contribution is 6.32. The van der Waals surface area contributed by atoms with Crippen LogP contribution in [0.25, 0.3) is 0 Å². The normalized spacial score (nSPS) is 15.4. The van der Waals surface area contributed by atoms with E-state index >= 15 is 0 Å². The van der Waals surface area contributed by atoms with Crippen molar-refractivity contribution in [1.29, 1.82) is 0 Å². The molecule has 0 spiro atoms. The molecule has 0 saturated heterocycles. The van der Waals surface area contributed by atoms with E-state index < -0.39 is 11.7 Å². The number of rotatable bonds is 4. The van der Waals surface area contributed by atoms with Crippen LogP contribution < -0.4 is 5.32 Å². The van der Waals surface area contributed by atoms with E-state index in [4.69, 9.17) is 11.6 Å². The van der Waals surface area contributed by atoms with E-state index in [9.17, 15) is 18.0 Å². The molecule has 0 radical (unpaired) electrons. The highest BCUT2D eigenvalue weighted by Crippen LogP contribution is 2.29. The number of hydrogen-bond donors (Lipinski definition) is 1. The molecule has 0 aliphatic carbocycles. The lowest BCUT2D eigenvalue weighted by molar-refractivity contribution is -0.137. The minimum atomic E-state index is -4.38. The summed E-state index contributed by atoms with van der Waals surface area (Å²) in [6.07, 6.45) is -1.85. The Morgan fingerprint density at radius 3 is 2.46 bits per heavy atom. The van der Waals surface area contributed by atoms with Crippen LogP contribution in [0.2, 0.25) is 0 Å². The van der Waals surface area contributed by atoms with Gasteiger partial charge in [0.25, 0.3) is 0 Å². The number of hydrogen-bond acceptors (Lipinski definition) is 2. The summed E-state index contributed by atoms with van der Waals surface area (Å²) in [5.74, 6) is -0.320. The summed E-state index contributed by atoms with van der Waals surface area (Å²) in [6, 6.07) is 4.56. The molecule has 1 aromatic carbocycles. The minimum absolute atomic E-state index is 0.0169. The predicted molar refractivity (Wildman–Crippen MR) is 87.2 cm³/mol. The Kier molecular flexibility index (Phi) is 5.59. The Balaban J connectivity index is 2.03. The van der Waals surface area contributed by atoms with Gasteiger partial charge in [0.15, 0.2) is 0 Å². The van der Waals surface area contributed by atoms with Gasteiger partial charge in [0.1, 0.15) is 0 Å². The number of halogens is 4. The van der Waals surface area contributed by atoms with Gasteiger partial charge in [-0.2, -0.15) is 13.2 Å². The van der Waals surface area contributed by atoms with Crippen molar-refractivity contribution in [3.8, 4) is 0 Å². The third kappa shape index (κ3) is 4.32. The molecule has 130 valence electrons. The Morgan fingerprint density at radius 1 is 1.29 bits per heavy atom. The number of likely N-dealkylation sites (N-methyl/N-ethyl adjacent to an activating group) is 1. The summed E-state index contributed by atoms with van der Waals surface area (Å²) in [6.45, 7) is 2.61. The highest BCUT2D eigenvalue weighted by Gasteiger charge is 2.30. The van der Waals surface area contributed by atoms with Gasteiger partial charge in [-0.1, -0.05) is 30.7 Å². The summed E-state index contributed by atoms with van der Waals surface area (Å²) >= 11 is 6.29. The summed E-state index contributed by atoms with van der Waals surface area (Å²) in [5.41, 5.74) is 1.25. The molecular formula is C17H18ClF3N2O. The average molecular weight is 359 g/mol. The summed E-state index contributed by atoms with van der Waals surface area (Å²) in [5, 5.41) is 3.22. The first-order valence-corrected chi connectivity index (χ1v) is 7.86. The van der Waals surface area contributed by atoms with Crippen LogP contribution in [-0.4, -0.2) is 24.4 Å². The molecule has 24 heavy (non-hydrogen) atoms. The van der Waals surface area contributed by atoms with E-state index in [1.54, 1.807) is 0 Å². The van der Waals surface area contributed by atoms with Crippen molar-refractivity contribution in [2.75, 3.05) is 13.6 Å². The highest BCUT2D eigenvalue weighted by atomic mass is 35.5. The number of nitrogens with one attached hydrogen (secondary N) is 1. The van der Waals surface area contributed by atoms with E-state index in [0.717, 1.165) is 24.3 Å². The van der Waals surface area contributed by atoms with Crippen molar-refractivity contribution in [3.63, 3.8) is 0 Å². The van der Waals surface area contributed by atoms with E-state index in [2.05, 4.69) is 5.32 Å². The topological polar surface area (TPSA) is 32.3 Å². The molecule has 0 fully saturated rings. The van der Waals surface area contributed by atoms with Crippen molar-refractivity contribution in [2.45, 2.75) is 25.9 Å². The Hall–Kier alpha value is -1.95. The zero-order valence-corrected chi connectivity index (χ0v) is 14.1. The lowest BCUT2D eigenvalue weighted by Gasteiger charge is -2.27. The number of nitrogens with zero attached hydrogens (tertiary/aromatic N) is 1. The molecule has 3 nitrogen and oxygen atoms in total. The maximum absolute atomic E-state index is 12.5. The fourth-order valence-electron chi connectivity index (χ4n) is 2.47. The molecule has 0 bridgehead atoms. The quantitative estimate of drug-likeness (QED) is 0.880. The Labute approximate surface area is 143 Å². The molecule has 1 aliphatic rings. The second-order valence-corrected chi connectivity index (χ2v) is 5.91. The van der Waals surface area contributed by atoms with Gasteiger partial charge in [-0.15, -0.1) is 0 Å². The van der Waals surface area contributed by atoms with Crippen molar-refractivity contribution in [1.82, 2.24) is 10.2 Å². The number of benzene rings is 1. The number of carbonyl (C=O) groups is 1. The van der Waals surface area contributed by atoms with Crippen LogP contribution in [0.15, 0.2) is 46.8 Å². The van der Waals surface area contributed by atoms with Crippen LogP contribution in [0.5, 0.6) is 0 Å². The fraction of sp³-hybridized carbons (Fsp3) is 0.353. The first kappa shape index (κ1) is 18.4. The minimum Gasteiger partial charge on any atom is -0.373 e. The Bertz CT molecular complexity index is 678. The van der Waals surface area contributed by atoms with Gasteiger partial charge < -0.3 is 10.2 Å². The first-order valence-electron chi connectivity index (χ1n) is 7.48.